The number of aryl methyl sites for hydroxylation is 2. The molecule has 112 valence electrons. The van der Waals surface area contributed by atoms with Crippen LogP contribution >= 0.6 is 11.6 Å². The number of sulfonamides is 1. The molecular weight excluding hydrogens is 312 g/mol. The SMILES string of the molecule is COc1ccc(C)cc1S(=O)(=O)Nc1cc(C)cnc1Cl. The van der Waals surface area contributed by atoms with Gasteiger partial charge in [0.2, 0.25) is 0 Å². The van der Waals surface area contributed by atoms with Crippen LogP contribution in [0.3, 0.4) is 0 Å². The maximum absolute atomic E-state index is 12.5. The van der Waals surface area contributed by atoms with Crippen molar-refractivity contribution in [1.29, 1.82) is 0 Å². The summed E-state index contributed by atoms with van der Waals surface area (Å²) in [5.41, 5.74) is 1.85. The second kappa shape index (κ2) is 5.91. The van der Waals surface area contributed by atoms with Crippen molar-refractivity contribution < 1.29 is 13.2 Å². The van der Waals surface area contributed by atoms with E-state index in [1.165, 1.54) is 13.2 Å². The maximum atomic E-state index is 12.5. The molecule has 0 fully saturated rings. The first kappa shape index (κ1) is 15.6. The summed E-state index contributed by atoms with van der Waals surface area (Å²) >= 11 is 5.93. The van der Waals surface area contributed by atoms with E-state index in [1.807, 2.05) is 0 Å². The van der Waals surface area contributed by atoms with Gasteiger partial charge >= 0.3 is 0 Å². The number of pyridine rings is 1. The van der Waals surface area contributed by atoms with Crippen LogP contribution in [0.15, 0.2) is 35.4 Å². The van der Waals surface area contributed by atoms with Crippen molar-refractivity contribution in [3.05, 3.63) is 46.7 Å². The summed E-state index contributed by atoms with van der Waals surface area (Å²) < 4.78 is 32.6. The van der Waals surface area contributed by atoms with Gasteiger partial charge in [0.25, 0.3) is 10.0 Å². The Morgan fingerprint density at radius 3 is 2.57 bits per heavy atom. The Labute approximate surface area is 129 Å². The van der Waals surface area contributed by atoms with Crippen LogP contribution in [0.4, 0.5) is 5.69 Å². The highest BCUT2D eigenvalue weighted by molar-refractivity contribution is 7.92. The topological polar surface area (TPSA) is 68.3 Å². The maximum Gasteiger partial charge on any atom is 0.265 e. The first-order valence-electron chi connectivity index (χ1n) is 6.13. The lowest BCUT2D eigenvalue weighted by Gasteiger charge is -2.13. The van der Waals surface area contributed by atoms with Crippen LogP contribution in [0.5, 0.6) is 5.75 Å². The first-order chi connectivity index (χ1) is 9.83. The van der Waals surface area contributed by atoms with E-state index < -0.39 is 10.0 Å². The molecule has 0 aliphatic heterocycles. The normalized spacial score (nSPS) is 11.2. The largest absolute Gasteiger partial charge is 0.495 e. The van der Waals surface area contributed by atoms with E-state index in [1.54, 1.807) is 38.2 Å². The second-order valence-electron chi connectivity index (χ2n) is 4.61. The molecule has 7 heteroatoms. The summed E-state index contributed by atoms with van der Waals surface area (Å²) in [6.45, 7) is 3.61. The molecule has 0 saturated heterocycles. The predicted octanol–water partition coefficient (Wildman–Crippen LogP) is 3.16. The summed E-state index contributed by atoms with van der Waals surface area (Å²) in [5.74, 6) is 0.268. The molecule has 21 heavy (non-hydrogen) atoms. The molecule has 1 aromatic heterocycles. The Kier molecular flexibility index (Phi) is 4.39. The van der Waals surface area contributed by atoms with Crippen LogP contribution < -0.4 is 9.46 Å². The minimum Gasteiger partial charge on any atom is -0.495 e. The number of hydrogen-bond donors (Lipinski definition) is 1. The average Bonchev–Trinajstić information content (AvgIpc) is 2.42. The number of hydrogen-bond acceptors (Lipinski definition) is 4. The number of benzene rings is 1. The number of halogens is 1. The number of nitrogens with zero attached hydrogens (tertiary/aromatic N) is 1. The fraction of sp³-hybridized carbons (Fsp3) is 0.214. The predicted molar refractivity (Wildman–Crippen MR) is 82.5 cm³/mol. The van der Waals surface area contributed by atoms with Crippen LogP contribution in [-0.4, -0.2) is 20.5 Å². The molecule has 1 heterocycles. The Morgan fingerprint density at radius 1 is 1.19 bits per heavy atom. The monoisotopic (exact) mass is 326 g/mol. The number of methoxy groups -OCH3 is 1. The molecule has 2 rings (SSSR count). The molecule has 0 aliphatic rings. The van der Waals surface area contributed by atoms with Gasteiger partial charge in [0.05, 0.1) is 12.8 Å². The quantitative estimate of drug-likeness (QED) is 0.876. The second-order valence-corrected chi connectivity index (χ2v) is 6.62. The first-order valence-corrected chi connectivity index (χ1v) is 7.99. The molecule has 0 atom stereocenters. The molecule has 2 aromatic rings. The average molecular weight is 327 g/mol. The lowest BCUT2D eigenvalue weighted by Crippen LogP contribution is -2.15. The number of aromatic nitrogens is 1. The van der Waals surface area contributed by atoms with Gasteiger partial charge in [-0.25, -0.2) is 13.4 Å². The van der Waals surface area contributed by atoms with Gasteiger partial charge in [-0.15, -0.1) is 0 Å². The molecule has 0 radical (unpaired) electrons. The van der Waals surface area contributed by atoms with Crippen LogP contribution in [0.25, 0.3) is 0 Å². The molecule has 1 N–H and O–H groups in total. The van der Waals surface area contributed by atoms with E-state index in [-0.39, 0.29) is 21.5 Å². The lowest BCUT2D eigenvalue weighted by atomic mass is 10.2. The highest BCUT2D eigenvalue weighted by Crippen LogP contribution is 2.29. The molecule has 0 saturated carbocycles. The van der Waals surface area contributed by atoms with Gasteiger partial charge in [-0.1, -0.05) is 17.7 Å². The van der Waals surface area contributed by atoms with Gasteiger partial charge in [0, 0.05) is 6.20 Å². The van der Waals surface area contributed by atoms with E-state index >= 15 is 0 Å². The molecule has 0 aliphatic carbocycles. The van der Waals surface area contributed by atoms with E-state index in [0.29, 0.717) is 0 Å². The Hall–Kier alpha value is -1.79. The number of rotatable bonds is 4. The van der Waals surface area contributed by atoms with Crippen molar-refractivity contribution in [2.45, 2.75) is 18.7 Å². The molecule has 0 unspecified atom stereocenters. The third kappa shape index (κ3) is 3.46. The van der Waals surface area contributed by atoms with Crippen molar-refractivity contribution >= 4 is 27.3 Å². The van der Waals surface area contributed by atoms with Crippen molar-refractivity contribution in [3.63, 3.8) is 0 Å². The molecule has 1 aromatic carbocycles. The van der Waals surface area contributed by atoms with Crippen LogP contribution in [0.2, 0.25) is 5.15 Å². The fourth-order valence-corrected chi connectivity index (χ4v) is 3.34. The third-order valence-corrected chi connectivity index (χ3v) is 4.52. The molecule has 0 spiro atoms. The standard InChI is InChI=1S/C14H15ClN2O3S/c1-9-4-5-12(20-3)13(7-9)21(18,19)17-11-6-10(2)8-16-14(11)15/h4-8,17H,1-3H3. The summed E-state index contributed by atoms with van der Waals surface area (Å²) in [6.07, 6.45) is 1.56. The Bertz CT molecular complexity index is 776. The van der Waals surface area contributed by atoms with Crippen molar-refractivity contribution in [2.75, 3.05) is 11.8 Å². The van der Waals surface area contributed by atoms with Crippen LogP contribution in [0, 0.1) is 13.8 Å². The van der Waals surface area contributed by atoms with Gasteiger partial charge in [0.1, 0.15) is 10.6 Å². The van der Waals surface area contributed by atoms with Crippen LogP contribution in [0.1, 0.15) is 11.1 Å². The van der Waals surface area contributed by atoms with Gasteiger partial charge in [-0.2, -0.15) is 0 Å². The van der Waals surface area contributed by atoms with Crippen molar-refractivity contribution in [2.24, 2.45) is 0 Å². The van der Waals surface area contributed by atoms with Gasteiger partial charge in [-0.3, -0.25) is 4.72 Å². The Balaban J connectivity index is 2.48. The number of nitrogens with one attached hydrogen (secondary N) is 1. The smallest absolute Gasteiger partial charge is 0.265 e. The van der Waals surface area contributed by atoms with E-state index in [0.717, 1.165) is 11.1 Å². The van der Waals surface area contributed by atoms with Crippen molar-refractivity contribution in [1.82, 2.24) is 4.98 Å². The van der Waals surface area contributed by atoms with E-state index in [4.69, 9.17) is 16.3 Å². The number of anilines is 1. The van der Waals surface area contributed by atoms with Gasteiger partial charge < -0.3 is 4.74 Å². The van der Waals surface area contributed by atoms with E-state index in [9.17, 15) is 8.42 Å². The molecule has 0 bridgehead atoms. The fourth-order valence-electron chi connectivity index (χ4n) is 1.82. The lowest BCUT2D eigenvalue weighted by molar-refractivity contribution is 0.402. The third-order valence-electron chi connectivity index (χ3n) is 2.83. The minimum absolute atomic E-state index is 0.0579. The highest BCUT2D eigenvalue weighted by atomic mass is 35.5. The van der Waals surface area contributed by atoms with Crippen molar-refractivity contribution in [3.8, 4) is 5.75 Å². The zero-order valence-electron chi connectivity index (χ0n) is 11.8. The molecule has 5 nitrogen and oxygen atoms in total. The van der Waals surface area contributed by atoms with Crippen LogP contribution in [-0.2, 0) is 10.0 Å². The molecule has 0 amide bonds. The summed E-state index contributed by atoms with van der Waals surface area (Å²) in [6, 6.07) is 6.55. The zero-order valence-corrected chi connectivity index (χ0v) is 13.4. The summed E-state index contributed by atoms with van der Waals surface area (Å²) in [4.78, 5) is 3.98. The van der Waals surface area contributed by atoms with Gasteiger partial charge in [0.15, 0.2) is 5.15 Å². The molecular formula is C14H15ClN2O3S. The summed E-state index contributed by atoms with van der Waals surface area (Å²) in [5, 5.41) is 0.0933. The summed E-state index contributed by atoms with van der Waals surface area (Å²) in [7, 11) is -2.40. The minimum atomic E-state index is -3.82. The van der Waals surface area contributed by atoms with E-state index in [2.05, 4.69) is 9.71 Å². The highest BCUT2D eigenvalue weighted by Gasteiger charge is 2.21. The van der Waals surface area contributed by atoms with Gasteiger partial charge in [-0.05, 0) is 43.2 Å². The number of ether oxygens (including phenoxy) is 1. The Morgan fingerprint density at radius 2 is 1.90 bits per heavy atom. The zero-order chi connectivity index (χ0) is 15.6.